The Morgan fingerprint density at radius 2 is 1.65 bits per heavy atom. The summed E-state index contributed by atoms with van der Waals surface area (Å²) in [5.41, 5.74) is 0.200. The zero-order chi connectivity index (χ0) is 13.7. The summed E-state index contributed by atoms with van der Waals surface area (Å²) in [7, 11) is 0. The molecule has 2 unspecified atom stereocenters. The number of hydrogen-bond acceptors (Lipinski definition) is 1. The van der Waals surface area contributed by atoms with Gasteiger partial charge in [0.05, 0.1) is 6.10 Å². The first-order chi connectivity index (χ1) is 7.49. The van der Waals surface area contributed by atoms with Crippen LogP contribution in [0, 0.1) is 11.3 Å². The van der Waals surface area contributed by atoms with Crippen LogP contribution in [-0.4, -0.2) is 17.4 Å². The van der Waals surface area contributed by atoms with Crippen molar-refractivity contribution >= 4 is 0 Å². The van der Waals surface area contributed by atoms with E-state index in [2.05, 4.69) is 20.8 Å². The second-order valence-corrected chi connectivity index (χ2v) is 6.27. The number of aliphatic hydroxyl groups is 1. The van der Waals surface area contributed by atoms with Gasteiger partial charge in [-0.1, -0.05) is 27.7 Å². The van der Waals surface area contributed by atoms with E-state index in [0.717, 1.165) is 6.42 Å². The molecule has 17 heavy (non-hydrogen) atoms. The molecule has 0 aromatic rings. The van der Waals surface area contributed by atoms with E-state index in [9.17, 15) is 18.3 Å². The van der Waals surface area contributed by atoms with Gasteiger partial charge in [0.25, 0.3) is 0 Å². The summed E-state index contributed by atoms with van der Waals surface area (Å²) in [6.45, 7) is 8.41. The molecule has 0 fully saturated rings. The number of rotatable bonds is 6. The Labute approximate surface area is 102 Å². The molecule has 0 rings (SSSR count). The summed E-state index contributed by atoms with van der Waals surface area (Å²) in [5, 5.41) is 9.65. The normalized spacial score (nSPS) is 16.9. The van der Waals surface area contributed by atoms with Crippen LogP contribution in [0.3, 0.4) is 0 Å². The van der Waals surface area contributed by atoms with Gasteiger partial charge >= 0.3 is 6.18 Å². The number of hydrogen-bond donors (Lipinski definition) is 1. The molecule has 0 aromatic carbocycles. The molecular weight excluding hydrogens is 229 g/mol. The van der Waals surface area contributed by atoms with Crippen LogP contribution >= 0.6 is 0 Å². The molecule has 0 aliphatic heterocycles. The van der Waals surface area contributed by atoms with E-state index in [0.29, 0.717) is 12.3 Å². The Morgan fingerprint density at radius 1 is 1.12 bits per heavy atom. The fraction of sp³-hybridized carbons (Fsp3) is 1.00. The molecule has 104 valence electrons. The van der Waals surface area contributed by atoms with Crippen molar-refractivity contribution in [2.45, 2.75) is 72.1 Å². The van der Waals surface area contributed by atoms with Crippen LogP contribution in [0.5, 0.6) is 0 Å². The van der Waals surface area contributed by atoms with Crippen LogP contribution in [-0.2, 0) is 0 Å². The summed E-state index contributed by atoms with van der Waals surface area (Å²) in [5.74, 6) is 0.343. The summed E-state index contributed by atoms with van der Waals surface area (Å²) in [6.07, 6.45) is -3.66. The van der Waals surface area contributed by atoms with E-state index in [1.54, 1.807) is 0 Å². The highest BCUT2D eigenvalue weighted by atomic mass is 19.4. The van der Waals surface area contributed by atoms with Gasteiger partial charge in [-0.2, -0.15) is 13.2 Å². The lowest BCUT2D eigenvalue weighted by Crippen LogP contribution is -2.18. The second-order valence-electron chi connectivity index (χ2n) is 6.27. The van der Waals surface area contributed by atoms with E-state index in [-0.39, 0.29) is 18.3 Å². The zero-order valence-electron chi connectivity index (χ0n) is 11.3. The van der Waals surface area contributed by atoms with Crippen LogP contribution in [0.2, 0.25) is 0 Å². The van der Waals surface area contributed by atoms with Crippen molar-refractivity contribution in [3.05, 3.63) is 0 Å². The van der Waals surface area contributed by atoms with Gasteiger partial charge < -0.3 is 5.11 Å². The van der Waals surface area contributed by atoms with E-state index < -0.39 is 18.7 Å². The maximum atomic E-state index is 11.9. The summed E-state index contributed by atoms with van der Waals surface area (Å²) >= 11 is 0. The fourth-order valence-electron chi connectivity index (χ4n) is 2.25. The van der Waals surface area contributed by atoms with Crippen molar-refractivity contribution < 1.29 is 18.3 Å². The number of aliphatic hydroxyl groups excluding tert-OH is 1. The van der Waals surface area contributed by atoms with Gasteiger partial charge in [0.2, 0.25) is 0 Å². The lowest BCUT2D eigenvalue weighted by molar-refractivity contribution is -0.136. The molecule has 2 atom stereocenters. The Balaban J connectivity index is 3.75. The molecule has 0 aliphatic rings. The molecule has 0 radical (unpaired) electrons. The predicted octanol–water partition coefficient (Wildman–Crippen LogP) is 4.54. The molecule has 0 saturated carbocycles. The monoisotopic (exact) mass is 254 g/mol. The third kappa shape index (κ3) is 12.0. The summed E-state index contributed by atoms with van der Waals surface area (Å²) in [4.78, 5) is 0. The van der Waals surface area contributed by atoms with Gasteiger partial charge in [-0.3, -0.25) is 0 Å². The highest BCUT2D eigenvalue weighted by Crippen LogP contribution is 2.28. The van der Waals surface area contributed by atoms with Crippen molar-refractivity contribution in [2.75, 3.05) is 0 Å². The third-order valence-corrected chi connectivity index (χ3v) is 2.63. The molecular formula is C13H25F3O. The van der Waals surface area contributed by atoms with Gasteiger partial charge in [-0.05, 0) is 37.0 Å². The Morgan fingerprint density at radius 3 is 2.06 bits per heavy atom. The highest BCUT2D eigenvalue weighted by molar-refractivity contribution is 4.69. The van der Waals surface area contributed by atoms with Gasteiger partial charge in [0.1, 0.15) is 0 Å². The van der Waals surface area contributed by atoms with Crippen molar-refractivity contribution in [3.63, 3.8) is 0 Å². The van der Waals surface area contributed by atoms with E-state index >= 15 is 0 Å². The van der Waals surface area contributed by atoms with Crippen LogP contribution in [0.15, 0.2) is 0 Å². The Bertz CT molecular complexity index is 206. The molecule has 0 spiro atoms. The Hall–Kier alpha value is -0.250. The van der Waals surface area contributed by atoms with E-state index in [1.807, 2.05) is 6.92 Å². The van der Waals surface area contributed by atoms with E-state index in [1.165, 1.54) is 0 Å². The van der Waals surface area contributed by atoms with Crippen LogP contribution in [0.1, 0.15) is 59.8 Å². The van der Waals surface area contributed by atoms with Crippen molar-refractivity contribution in [1.82, 2.24) is 0 Å². The molecule has 0 aliphatic carbocycles. The topological polar surface area (TPSA) is 20.2 Å². The van der Waals surface area contributed by atoms with Crippen LogP contribution in [0.25, 0.3) is 0 Å². The van der Waals surface area contributed by atoms with Crippen molar-refractivity contribution in [3.8, 4) is 0 Å². The second kappa shape index (κ2) is 6.62. The van der Waals surface area contributed by atoms with Crippen molar-refractivity contribution in [2.24, 2.45) is 11.3 Å². The molecule has 1 nitrogen and oxygen atoms in total. The minimum absolute atomic E-state index is 0.0207. The zero-order valence-corrected chi connectivity index (χ0v) is 11.3. The quantitative estimate of drug-likeness (QED) is 0.737. The fourth-order valence-corrected chi connectivity index (χ4v) is 2.25. The number of alkyl halides is 3. The Kier molecular flexibility index (Phi) is 6.52. The molecule has 4 heteroatoms. The largest absolute Gasteiger partial charge is 0.393 e. The first kappa shape index (κ1) is 16.8. The SMILES string of the molecule is CC(CC(O)CCCC(F)(F)F)CC(C)(C)C. The summed E-state index contributed by atoms with van der Waals surface area (Å²) < 4.78 is 35.7. The minimum Gasteiger partial charge on any atom is -0.393 e. The maximum absolute atomic E-state index is 11.9. The smallest absolute Gasteiger partial charge is 0.389 e. The van der Waals surface area contributed by atoms with Gasteiger partial charge in [0, 0.05) is 6.42 Å². The van der Waals surface area contributed by atoms with Crippen molar-refractivity contribution in [1.29, 1.82) is 0 Å². The van der Waals surface area contributed by atoms with Gasteiger partial charge in [-0.25, -0.2) is 0 Å². The van der Waals surface area contributed by atoms with Gasteiger partial charge in [-0.15, -0.1) is 0 Å². The molecule has 0 heterocycles. The average Bonchev–Trinajstić information content (AvgIpc) is 1.96. The first-order valence-electron chi connectivity index (χ1n) is 6.24. The maximum Gasteiger partial charge on any atom is 0.389 e. The average molecular weight is 254 g/mol. The molecule has 0 saturated heterocycles. The predicted molar refractivity (Wildman–Crippen MR) is 63.8 cm³/mol. The van der Waals surface area contributed by atoms with Crippen LogP contribution in [0.4, 0.5) is 13.2 Å². The summed E-state index contributed by atoms with van der Waals surface area (Å²) in [6, 6.07) is 0. The minimum atomic E-state index is -4.10. The lowest BCUT2D eigenvalue weighted by atomic mass is 9.83. The van der Waals surface area contributed by atoms with E-state index in [4.69, 9.17) is 0 Å². The highest BCUT2D eigenvalue weighted by Gasteiger charge is 2.26. The first-order valence-corrected chi connectivity index (χ1v) is 6.24. The standard InChI is InChI=1S/C13H25F3O/c1-10(9-12(2,3)4)8-11(17)6-5-7-13(14,15)16/h10-11,17H,5-9H2,1-4H3. The lowest BCUT2D eigenvalue weighted by Gasteiger charge is -2.24. The molecule has 0 amide bonds. The molecule has 0 bridgehead atoms. The van der Waals surface area contributed by atoms with Crippen LogP contribution < -0.4 is 0 Å². The van der Waals surface area contributed by atoms with Gasteiger partial charge in [0.15, 0.2) is 0 Å². The number of halogens is 3. The third-order valence-electron chi connectivity index (χ3n) is 2.63. The molecule has 1 N–H and O–H groups in total. The molecule has 0 aromatic heterocycles.